The van der Waals surface area contributed by atoms with Crippen molar-refractivity contribution in [2.75, 3.05) is 5.73 Å². The first-order valence-corrected chi connectivity index (χ1v) is 5.56. The van der Waals surface area contributed by atoms with E-state index in [1.54, 1.807) is 6.07 Å². The van der Waals surface area contributed by atoms with E-state index in [2.05, 4.69) is 22.0 Å². The maximum absolute atomic E-state index is 8.97. The molecule has 0 aliphatic heterocycles. The monoisotopic (exact) mass is 275 g/mol. The summed E-state index contributed by atoms with van der Waals surface area (Å²) in [5.74, 6) is 0. The van der Waals surface area contributed by atoms with Crippen LogP contribution in [0.4, 0.5) is 5.69 Å². The Hall–Kier alpha value is -1.73. The molecular weight excluding hydrogens is 266 g/mol. The second-order valence-electron chi connectivity index (χ2n) is 3.54. The van der Waals surface area contributed by atoms with Crippen LogP contribution in [0, 0.1) is 18.3 Å². The van der Waals surface area contributed by atoms with Gasteiger partial charge in [0.15, 0.2) is 0 Å². The Morgan fingerprint density at radius 2 is 2.19 bits per heavy atom. The van der Waals surface area contributed by atoms with Gasteiger partial charge in [-0.1, -0.05) is 0 Å². The molecule has 0 saturated carbocycles. The molecule has 1 aromatic carbocycles. The Bertz CT molecular complexity index is 578. The number of anilines is 1. The predicted molar refractivity (Wildman–Crippen MR) is 67.3 cm³/mol. The molecule has 0 spiro atoms. The number of nitriles is 1. The first-order valence-electron chi connectivity index (χ1n) is 4.77. The topological polar surface area (TPSA) is 54.7 Å². The third-order valence-electron chi connectivity index (χ3n) is 2.46. The molecule has 1 aromatic heterocycles. The smallest absolute Gasteiger partial charge is 0.124 e. The third-order valence-corrected chi connectivity index (χ3v) is 3.09. The molecule has 0 aliphatic rings. The summed E-state index contributed by atoms with van der Waals surface area (Å²) < 4.78 is 2.71. The highest BCUT2D eigenvalue weighted by Crippen LogP contribution is 2.27. The van der Waals surface area contributed by atoms with Gasteiger partial charge in [0.1, 0.15) is 11.8 Å². The molecule has 4 heteroatoms. The van der Waals surface area contributed by atoms with Crippen molar-refractivity contribution in [3.8, 4) is 11.8 Å². The van der Waals surface area contributed by atoms with Crippen LogP contribution in [0.15, 0.2) is 34.9 Å². The molecular formula is C12H10BrN3. The molecule has 0 amide bonds. The van der Waals surface area contributed by atoms with Crippen molar-refractivity contribution in [2.45, 2.75) is 6.92 Å². The van der Waals surface area contributed by atoms with Crippen LogP contribution in [0.5, 0.6) is 0 Å². The zero-order valence-corrected chi connectivity index (χ0v) is 10.3. The van der Waals surface area contributed by atoms with E-state index in [0.29, 0.717) is 5.69 Å². The molecule has 80 valence electrons. The average Bonchev–Trinajstić information content (AvgIpc) is 2.71. The van der Waals surface area contributed by atoms with Crippen LogP contribution in [-0.2, 0) is 0 Å². The highest BCUT2D eigenvalue weighted by molar-refractivity contribution is 9.10. The number of aromatic nitrogens is 1. The van der Waals surface area contributed by atoms with E-state index < -0.39 is 0 Å². The molecule has 0 atom stereocenters. The number of halogens is 1. The van der Waals surface area contributed by atoms with Gasteiger partial charge in [0.25, 0.3) is 0 Å². The van der Waals surface area contributed by atoms with E-state index >= 15 is 0 Å². The van der Waals surface area contributed by atoms with Crippen LogP contribution in [0.2, 0.25) is 0 Å². The summed E-state index contributed by atoms with van der Waals surface area (Å²) >= 11 is 3.46. The van der Waals surface area contributed by atoms with Gasteiger partial charge in [0.2, 0.25) is 0 Å². The highest BCUT2D eigenvalue weighted by Gasteiger charge is 2.08. The second-order valence-corrected chi connectivity index (χ2v) is 4.39. The van der Waals surface area contributed by atoms with E-state index in [1.807, 2.05) is 35.9 Å². The fourth-order valence-corrected chi connectivity index (χ4v) is 2.10. The number of hydrogen-bond acceptors (Lipinski definition) is 2. The van der Waals surface area contributed by atoms with Gasteiger partial charge in [-0.3, -0.25) is 0 Å². The molecule has 1 heterocycles. The Balaban J connectivity index is 2.66. The van der Waals surface area contributed by atoms with Crippen molar-refractivity contribution in [3.05, 3.63) is 46.2 Å². The Kier molecular flexibility index (Phi) is 2.71. The number of nitrogens with two attached hydrogens (primary N) is 1. The van der Waals surface area contributed by atoms with E-state index in [1.165, 1.54) is 0 Å². The first kappa shape index (κ1) is 10.8. The summed E-state index contributed by atoms with van der Waals surface area (Å²) in [6, 6.07) is 9.58. The quantitative estimate of drug-likeness (QED) is 0.814. The largest absolute Gasteiger partial charge is 0.398 e. The van der Waals surface area contributed by atoms with Crippen LogP contribution in [0.3, 0.4) is 0 Å². The van der Waals surface area contributed by atoms with Crippen LogP contribution in [-0.4, -0.2) is 4.57 Å². The van der Waals surface area contributed by atoms with Gasteiger partial charge in [0.05, 0.1) is 5.69 Å². The van der Waals surface area contributed by atoms with Crippen molar-refractivity contribution in [2.24, 2.45) is 0 Å². The van der Waals surface area contributed by atoms with Gasteiger partial charge < -0.3 is 10.3 Å². The molecule has 0 fully saturated rings. The van der Waals surface area contributed by atoms with Crippen LogP contribution >= 0.6 is 15.9 Å². The van der Waals surface area contributed by atoms with E-state index in [-0.39, 0.29) is 0 Å². The molecule has 2 N–H and O–H groups in total. The predicted octanol–water partition coefficient (Wildman–Crippen LogP) is 3.00. The lowest BCUT2D eigenvalue weighted by molar-refractivity contribution is 1.04. The van der Waals surface area contributed by atoms with Crippen molar-refractivity contribution < 1.29 is 0 Å². The summed E-state index contributed by atoms with van der Waals surface area (Å²) in [6.07, 6.45) is 1.86. The highest BCUT2D eigenvalue weighted by atomic mass is 79.9. The lowest BCUT2D eigenvalue weighted by Gasteiger charge is -2.10. The van der Waals surface area contributed by atoms with Crippen molar-refractivity contribution in [1.29, 1.82) is 5.26 Å². The summed E-state index contributed by atoms with van der Waals surface area (Å²) in [5, 5.41) is 8.97. The third kappa shape index (κ3) is 1.70. The zero-order chi connectivity index (χ0) is 11.7. The SMILES string of the molecule is Cc1cc(-n2cccc2C#N)c(Br)cc1N. The number of rotatable bonds is 1. The molecule has 3 nitrogen and oxygen atoms in total. The number of nitrogen functional groups attached to an aromatic ring is 1. The van der Waals surface area contributed by atoms with Crippen LogP contribution in [0.25, 0.3) is 5.69 Å². The number of hydrogen-bond donors (Lipinski definition) is 1. The Labute approximate surface area is 102 Å². The fraction of sp³-hybridized carbons (Fsp3) is 0.0833. The van der Waals surface area contributed by atoms with E-state index in [4.69, 9.17) is 11.0 Å². The molecule has 0 radical (unpaired) electrons. The van der Waals surface area contributed by atoms with Crippen molar-refractivity contribution >= 4 is 21.6 Å². The second kappa shape index (κ2) is 4.03. The molecule has 0 unspecified atom stereocenters. The first-order chi connectivity index (χ1) is 7.63. The van der Waals surface area contributed by atoms with Crippen LogP contribution in [0.1, 0.15) is 11.3 Å². The van der Waals surface area contributed by atoms with Gasteiger partial charge in [0, 0.05) is 16.4 Å². The molecule has 2 rings (SSSR count). The number of aryl methyl sites for hydroxylation is 1. The van der Waals surface area contributed by atoms with Gasteiger partial charge >= 0.3 is 0 Å². The van der Waals surface area contributed by atoms with Gasteiger partial charge in [-0.25, -0.2) is 0 Å². The minimum Gasteiger partial charge on any atom is -0.398 e. The molecule has 0 bridgehead atoms. The van der Waals surface area contributed by atoms with E-state index in [9.17, 15) is 0 Å². The normalized spacial score (nSPS) is 10.1. The zero-order valence-electron chi connectivity index (χ0n) is 8.74. The molecule has 16 heavy (non-hydrogen) atoms. The maximum Gasteiger partial charge on any atom is 0.124 e. The fourth-order valence-electron chi connectivity index (χ4n) is 1.55. The Morgan fingerprint density at radius 1 is 1.44 bits per heavy atom. The summed E-state index contributed by atoms with van der Waals surface area (Å²) in [6.45, 7) is 1.95. The lowest BCUT2D eigenvalue weighted by atomic mass is 10.2. The lowest BCUT2D eigenvalue weighted by Crippen LogP contribution is -1.99. The van der Waals surface area contributed by atoms with Gasteiger partial charge in [-0.05, 0) is 52.7 Å². The maximum atomic E-state index is 8.97. The molecule has 0 saturated heterocycles. The van der Waals surface area contributed by atoms with Gasteiger partial charge in [-0.15, -0.1) is 0 Å². The minimum absolute atomic E-state index is 0.602. The molecule has 0 aliphatic carbocycles. The van der Waals surface area contributed by atoms with Crippen LogP contribution < -0.4 is 5.73 Å². The Morgan fingerprint density at radius 3 is 2.88 bits per heavy atom. The van der Waals surface area contributed by atoms with Gasteiger partial charge in [-0.2, -0.15) is 5.26 Å². The standard InChI is InChI=1S/C12H10BrN3/c1-8-5-12(10(13)6-11(8)15)16-4-2-3-9(16)7-14/h2-6H,15H2,1H3. The number of benzene rings is 1. The minimum atomic E-state index is 0.602. The van der Waals surface area contributed by atoms with E-state index in [0.717, 1.165) is 21.4 Å². The summed E-state index contributed by atoms with van der Waals surface area (Å²) in [5.41, 5.74) is 9.07. The molecule has 2 aromatic rings. The number of nitrogens with zero attached hydrogens (tertiary/aromatic N) is 2. The van der Waals surface area contributed by atoms with Crippen molar-refractivity contribution in [1.82, 2.24) is 4.57 Å². The average molecular weight is 276 g/mol. The summed E-state index contributed by atoms with van der Waals surface area (Å²) in [7, 11) is 0. The summed E-state index contributed by atoms with van der Waals surface area (Å²) in [4.78, 5) is 0. The van der Waals surface area contributed by atoms with Crippen molar-refractivity contribution in [3.63, 3.8) is 0 Å².